The zero-order valence-corrected chi connectivity index (χ0v) is 13.8. The Kier molecular flexibility index (Phi) is 5.98. The van der Waals surface area contributed by atoms with Gasteiger partial charge in [-0.05, 0) is 19.8 Å². The molecule has 6 heteroatoms. The maximum absolute atomic E-state index is 11.7. The Balaban J connectivity index is 1.99. The Labute approximate surface area is 132 Å². The molecule has 1 aliphatic rings. The molecule has 0 spiro atoms. The summed E-state index contributed by atoms with van der Waals surface area (Å²) >= 11 is 0. The van der Waals surface area contributed by atoms with Crippen molar-refractivity contribution >= 4 is 11.9 Å². The molecular weight excluding hydrogens is 280 g/mol. The van der Waals surface area contributed by atoms with Crippen molar-refractivity contribution in [2.45, 2.75) is 39.5 Å². The standard InChI is InChI=1S/C16H26N4O2/c1-4-13(5-2)14-11-15(18-12-17-14)19-7-9-20(10-8-19)16(21)22-6-3/h11-13H,4-10H2,1-3H3. The number of anilines is 1. The maximum Gasteiger partial charge on any atom is 0.409 e. The van der Waals surface area contributed by atoms with E-state index in [0.717, 1.165) is 37.4 Å². The molecule has 0 bridgehead atoms. The highest BCUT2D eigenvalue weighted by Crippen LogP contribution is 2.24. The number of hydrogen-bond acceptors (Lipinski definition) is 5. The van der Waals surface area contributed by atoms with Crippen molar-refractivity contribution in [1.29, 1.82) is 0 Å². The summed E-state index contributed by atoms with van der Waals surface area (Å²) in [6, 6.07) is 2.09. The third-order valence-electron chi connectivity index (χ3n) is 4.21. The molecule has 1 aliphatic heterocycles. The number of aromatic nitrogens is 2. The quantitative estimate of drug-likeness (QED) is 0.837. The Hall–Kier alpha value is -1.85. The number of carbonyl (C=O) groups is 1. The average molecular weight is 306 g/mol. The molecule has 0 atom stereocenters. The second-order valence-corrected chi connectivity index (χ2v) is 5.49. The minimum Gasteiger partial charge on any atom is -0.450 e. The molecule has 0 aliphatic carbocycles. The fraction of sp³-hybridized carbons (Fsp3) is 0.688. The maximum atomic E-state index is 11.7. The fourth-order valence-corrected chi connectivity index (χ4v) is 2.80. The van der Waals surface area contributed by atoms with E-state index in [0.29, 0.717) is 25.6 Å². The van der Waals surface area contributed by atoms with E-state index in [1.54, 1.807) is 11.2 Å². The molecule has 2 rings (SSSR count). The fourth-order valence-electron chi connectivity index (χ4n) is 2.80. The van der Waals surface area contributed by atoms with Gasteiger partial charge in [0.15, 0.2) is 0 Å². The van der Waals surface area contributed by atoms with Crippen LogP contribution >= 0.6 is 0 Å². The second kappa shape index (κ2) is 7.96. The number of ether oxygens (including phenoxy) is 1. The van der Waals surface area contributed by atoms with Crippen LogP contribution in [-0.4, -0.2) is 53.7 Å². The summed E-state index contributed by atoms with van der Waals surface area (Å²) in [4.78, 5) is 24.5. The molecule has 1 aromatic heterocycles. The van der Waals surface area contributed by atoms with Crippen molar-refractivity contribution in [2.75, 3.05) is 37.7 Å². The van der Waals surface area contributed by atoms with Gasteiger partial charge in [0.05, 0.1) is 6.61 Å². The predicted octanol–water partition coefficient (Wildman–Crippen LogP) is 2.66. The van der Waals surface area contributed by atoms with Crippen molar-refractivity contribution < 1.29 is 9.53 Å². The van der Waals surface area contributed by atoms with Crippen LogP contribution in [0.4, 0.5) is 10.6 Å². The Morgan fingerprint density at radius 1 is 1.18 bits per heavy atom. The van der Waals surface area contributed by atoms with Crippen LogP contribution in [0.25, 0.3) is 0 Å². The first-order chi connectivity index (χ1) is 10.7. The van der Waals surface area contributed by atoms with Crippen LogP contribution in [0.1, 0.15) is 45.2 Å². The van der Waals surface area contributed by atoms with Gasteiger partial charge in [0.1, 0.15) is 12.1 Å². The van der Waals surface area contributed by atoms with Crippen LogP contribution in [0.5, 0.6) is 0 Å². The van der Waals surface area contributed by atoms with Crippen LogP contribution in [-0.2, 0) is 4.74 Å². The van der Waals surface area contributed by atoms with Gasteiger partial charge < -0.3 is 14.5 Å². The summed E-state index contributed by atoms with van der Waals surface area (Å²) in [6.45, 7) is 9.52. The van der Waals surface area contributed by atoms with Gasteiger partial charge in [0.25, 0.3) is 0 Å². The van der Waals surface area contributed by atoms with E-state index in [4.69, 9.17) is 4.74 Å². The van der Waals surface area contributed by atoms with Crippen molar-refractivity contribution in [3.63, 3.8) is 0 Å². The zero-order valence-electron chi connectivity index (χ0n) is 13.8. The summed E-state index contributed by atoms with van der Waals surface area (Å²) < 4.78 is 5.04. The van der Waals surface area contributed by atoms with E-state index in [1.807, 2.05) is 6.92 Å². The topological polar surface area (TPSA) is 58.6 Å². The second-order valence-electron chi connectivity index (χ2n) is 5.49. The minimum atomic E-state index is -0.220. The van der Waals surface area contributed by atoms with Gasteiger partial charge in [-0.1, -0.05) is 13.8 Å². The van der Waals surface area contributed by atoms with Crippen LogP contribution in [0.3, 0.4) is 0 Å². The van der Waals surface area contributed by atoms with Crippen molar-refractivity contribution in [1.82, 2.24) is 14.9 Å². The van der Waals surface area contributed by atoms with Crippen molar-refractivity contribution in [3.8, 4) is 0 Å². The molecule has 1 fully saturated rings. The molecular formula is C16H26N4O2. The van der Waals surface area contributed by atoms with Crippen LogP contribution in [0.2, 0.25) is 0 Å². The van der Waals surface area contributed by atoms with Gasteiger partial charge in [-0.15, -0.1) is 0 Å². The highest BCUT2D eigenvalue weighted by Gasteiger charge is 2.23. The molecule has 0 aromatic carbocycles. The first-order valence-corrected chi connectivity index (χ1v) is 8.18. The van der Waals surface area contributed by atoms with Crippen LogP contribution in [0.15, 0.2) is 12.4 Å². The number of hydrogen-bond donors (Lipinski definition) is 0. The molecule has 6 nitrogen and oxygen atoms in total. The molecule has 0 saturated carbocycles. The lowest BCUT2D eigenvalue weighted by molar-refractivity contribution is 0.105. The lowest BCUT2D eigenvalue weighted by atomic mass is 9.99. The molecule has 1 aromatic rings. The van der Waals surface area contributed by atoms with Crippen LogP contribution < -0.4 is 4.90 Å². The Morgan fingerprint density at radius 2 is 1.86 bits per heavy atom. The van der Waals surface area contributed by atoms with Gasteiger partial charge >= 0.3 is 6.09 Å². The van der Waals surface area contributed by atoms with E-state index in [2.05, 4.69) is 34.8 Å². The van der Waals surface area contributed by atoms with E-state index in [9.17, 15) is 4.79 Å². The van der Waals surface area contributed by atoms with Crippen LogP contribution in [0, 0.1) is 0 Å². The third kappa shape index (κ3) is 3.87. The molecule has 1 saturated heterocycles. The molecule has 2 heterocycles. The molecule has 22 heavy (non-hydrogen) atoms. The van der Waals surface area contributed by atoms with E-state index in [1.165, 1.54) is 0 Å². The van der Waals surface area contributed by atoms with Crippen molar-refractivity contribution in [3.05, 3.63) is 18.1 Å². The third-order valence-corrected chi connectivity index (χ3v) is 4.21. The number of nitrogens with zero attached hydrogens (tertiary/aromatic N) is 4. The number of carbonyl (C=O) groups excluding carboxylic acids is 1. The SMILES string of the molecule is CCOC(=O)N1CCN(c2cc(C(CC)CC)ncn2)CC1. The van der Waals surface area contributed by atoms with Crippen molar-refractivity contribution in [2.24, 2.45) is 0 Å². The summed E-state index contributed by atoms with van der Waals surface area (Å²) in [7, 11) is 0. The largest absolute Gasteiger partial charge is 0.450 e. The van der Waals surface area contributed by atoms with Gasteiger partial charge in [-0.3, -0.25) is 0 Å². The number of piperazine rings is 1. The predicted molar refractivity (Wildman–Crippen MR) is 86.2 cm³/mol. The van der Waals surface area contributed by atoms with E-state index >= 15 is 0 Å². The van der Waals surface area contributed by atoms with E-state index < -0.39 is 0 Å². The smallest absolute Gasteiger partial charge is 0.409 e. The first kappa shape index (κ1) is 16.5. The summed E-state index contributed by atoms with van der Waals surface area (Å²) in [5.41, 5.74) is 1.11. The number of rotatable bonds is 5. The summed E-state index contributed by atoms with van der Waals surface area (Å²) in [5.74, 6) is 1.45. The molecule has 0 N–H and O–H groups in total. The molecule has 122 valence electrons. The Morgan fingerprint density at radius 3 is 2.45 bits per heavy atom. The monoisotopic (exact) mass is 306 g/mol. The number of amides is 1. The molecule has 1 amide bonds. The lowest BCUT2D eigenvalue weighted by Gasteiger charge is -2.34. The van der Waals surface area contributed by atoms with Gasteiger partial charge in [0.2, 0.25) is 0 Å². The van der Waals surface area contributed by atoms with E-state index in [-0.39, 0.29) is 6.09 Å². The normalized spacial score (nSPS) is 15.3. The molecule has 0 unspecified atom stereocenters. The van der Waals surface area contributed by atoms with Gasteiger partial charge in [0, 0.05) is 43.9 Å². The average Bonchev–Trinajstić information content (AvgIpc) is 2.57. The van der Waals surface area contributed by atoms with Gasteiger partial charge in [-0.25, -0.2) is 14.8 Å². The lowest BCUT2D eigenvalue weighted by Crippen LogP contribution is -2.49. The highest BCUT2D eigenvalue weighted by molar-refractivity contribution is 5.68. The summed E-state index contributed by atoms with van der Waals surface area (Å²) in [6.07, 6.45) is 3.61. The minimum absolute atomic E-state index is 0.220. The van der Waals surface area contributed by atoms with Gasteiger partial charge in [-0.2, -0.15) is 0 Å². The Bertz CT molecular complexity index is 483. The zero-order chi connectivity index (χ0) is 15.9. The molecule has 0 radical (unpaired) electrons. The first-order valence-electron chi connectivity index (χ1n) is 8.18. The summed E-state index contributed by atoms with van der Waals surface area (Å²) in [5, 5.41) is 0. The highest BCUT2D eigenvalue weighted by atomic mass is 16.6.